The first kappa shape index (κ1) is 14.9. The summed E-state index contributed by atoms with van der Waals surface area (Å²) in [5.74, 6) is 0.480. The maximum atomic E-state index is 12.1. The first-order chi connectivity index (χ1) is 12.2. The molecule has 25 heavy (non-hydrogen) atoms. The fourth-order valence-corrected chi connectivity index (χ4v) is 2.70. The van der Waals surface area contributed by atoms with Crippen LogP contribution in [0.1, 0.15) is 15.9 Å². The minimum absolute atomic E-state index is 0.221. The number of hydrogen-bond donors (Lipinski definition) is 2. The Morgan fingerprint density at radius 1 is 1.24 bits per heavy atom. The molecular formula is C18H15N5O2. The van der Waals surface area contributed by atoms with Crippen molar-refractivity contribution in [3.05, 3.63) is 72.6 Å². The standard InChI is InChI=1S/C18H15N5O2/c19-15-10-23(17-2-1-5-25-17)16-4-3-12(6-14(15)16)7-22-18(24)13-8-20-11-21-9-13/h1-6,8-11H,7,19H2,(H,22,24). The van der Waals surface area contributed by atoms with Crippen molar-refractivity contribution in [2.45, 2.75) is 6.54 Å². The molecule has 1 amide bonds. The van der Waals surface area contributed by atoms with E-state index in [9.17, 15) is 4.79 Å². The molecule has 124 valence electrons. The Kier molecular flexibility index (Phi) is 3.66. The van der Waals surface area contributed by atoms with Gasteiger partial charge in [0.05, 0.1) is 23.0 Å². The molecule has 0 aliphatic carbocycles. The summed E-state index contributed by atoms with van der Waals surface area (Å²) in [5, 5.41) is 3.76. The van der Waals surface area contributed by atoms with Crippen LogP contribution in [0.5, 0.6) is 0 Å². The molecule has 0 atom stereocenters. The minimum Gasteiger partial charge on any atom is -0.448 e. The van der Waals surface area contributed by atoms with Gasteiger partial charge in [0.25, 0.3) is 5.91 Å². The maximum absolute atomic E-state index is 12.1. The molecule has 0 saturated heterocycles. The Morgan fingerprint density at radius 2 is 2.08 bits per heavy atom. The number of nitrogens with zero attached hydrogens (tertiary/aromatic N) is 3. The van der Waals surface area contributed by atoms with Crippen LogP contribution in [0.25, 0.3) is 16.8 Å². The summed E-state index contributed by atoms with van der Waals surface area (Å²) in [4.78, 5) is 19.8. The lowest BCUT2D eigenvalue weighted by molar-refractivity contribution is 0.0950. The van der Waals surface area contributed by atoms with Crippen molar-refractivity contribution in [1.82, 2.24) is 19.9 Å². The molecule has 0 aliphatic rings. The molecule has 0 saturated carbocycles. The Hall–Kier alpha value is -3.61. The molecule has 3 heterocycles. The first-order valence-electron chi connectivity index (χ1n) is 7.69. The largest absolute Gasteiger partial charge is 0.448 e. The number of carbonyl (C=O) groups is 1. The van der Waals surface area contributed by atoms with E-state index in [1.165, 1.54) is 18.7 Å². The summed E-state index contributed by atoms with van der Waals surface area (Å²) >= 11 is 0. The fraction of sp³-hybridized carbons (Fsp3) is 0.0556. The quantitative estimate of drug-likeness (QED) is 0.598. The van der Waals surface area contributed by atoms with Gasteiger partial charge in [-0.3, -0.25) is 9.36 Å². The molecule has 3 aromatic heterocycles. The Morgan fingerprint density at radius 3 is 2.84 bits per heavy atom. The predicted octanol–water partition coefficient (Wildman–Crippen LogP) is 2.53. The number of carbonyl (C=O) groups excluding carboxylic acids is 1. The average molecular weight is 333 g/mol. The lowest BCUT2D eigenvalue weighted by atomic mass is 10.1. The SMILES string of the molecule is Nc1cn(-c2ccco2)c2ccc(CNC(=O)c3cncnc3)cc12. The Balaban J connectivity index is 1.58. The lowest BCUT2D eigenvalue weighted by Gasteiger charge is -2.06. The number of nitrogens with one attached hydrogen (secondary N) is 1. The van der Waals surface area contributed by atoms with E-state index in [0.29, 0.717) is 23.7 Å². The van der Waals surface area contributed by atoms with Gasteiger partial charge in [0.2, 0.25) is 5.88 Å². The summed E-state index contributed by atoms with van der Waals surface area (Å²) in [6.45, 7) is 0.384. The molecular weight excluding hydrogens is 318 g/mol. The van der Waals surface area contributed by atoms with Crippen molar-refractivity contribution >= 4 is 22.5 Å². The van der Waals surface area contributed by atoms with E-state index in [2.05, 4.69) is 15.3 Å². The van der Waals surface area contributed by atoms with Crippen LogP contribution in [-0.4, -0.2) is 20.4 Å². The number of amides is 1. The molecule has 0 fully saturated rings. The molecule has 4 aromatic rings. The van der Waals surface area contributed by atoms with Gasteiger partial charge in [-0.2, -0.15) is 0 Å². The van der Waals surface area contributed by atoms with Gasteiger partial charge in [0.1, 0.15) is 6.33 Å². The van der Waals surface area contributed by atoms with Crippen LogP contribution in [0.4, 0.5) is 5.69 Å². The van der Waals surface area contributed by atoms with Crippen molar-refractivity contribution in [2.24, 2.45) is 0 Å². The first-order valence-corrected chi connectivity index (χ1v) is 7.69. The number of hydrogen-bond acceptors (Lipinski definition) is 5. The molecule has 7 heteroatoms. The van der Waals surface area contributed by atoms with Gasteiger partial charge >= 0.3 is 0 Å². The van der Waals surface area contributed by atoms with E-state index in [-0.39, 0.29) is 5.91 Å². The van der Waals surface area contributed by atoms with Crippen molar-refractivity contribution in [1.29, 1.82) is 0 Å². The van der Waals surface area contributed by atoms with E-state index in [0.717, 1.165) is 16.5 Å². The van der Waals surface area contributed by atoms with Crippen molar-refractivity contribution in [3.8, 4) is 5.88 Å². The van der Waals surface area contributed by atoms with Gasteiger partial charge in [-0.15, -0.1) is 0 Å². The molecule has 7 nitrogen and oxygen atoms in total. The zero-order valence-electron chi connectivity index (χ0n) is 13.2. The zero-order chi connectivity index (χ0) is 17.2. The maximum Gasteiger partial charge on any atom is 0.254 e. The smallest absolute Gasteiger partial charge is 0.254 e. The number of rotatable bonds is 4. The molecule has 0 unspecified atom stereocenters. The third-order valence-corrected chi connectivity index (χ3v) is 3.92. The molecule has 3 N–H and O–H groups in total. The topological polar surface area (TPSA) is 99.0 Å². The van der Waals surface area contributed by atoms with E-state index >= 15 is 0 Å². The third kappa shape index (κ3) is 2.83. The van der Waals surface area contributed by atoms with E-state index in [1.54, 1.807) is 6.26 Å². The number of fused-ring (bicyclic) bond motifs is 1. The van der Waals surface area contributed by atoms with Crippen LogP contribution in [-0.2, 0) is 6.54 Å². The van der Waals surface area contributed by atoms with Crippen LogP contribution in [0.2, 0.25) is 0 Å². The zero-order valence-corrected chi connectivity index (χ0v) is 13.2. The second-order valence-electron chi connectivity index (χ2n) is 5.57. The molecule has 1 aromatic carbocycles. The molecule has 0 bridgehead atoms. The predicted molar refractivity (Wildman–Crippen MR) is 93.2 cm³/mol. The number of nitrogens with two attached hydrogens (primary N) is 1. The Labute approximate surface area is 143 Å². The monoisotopic (exact) mass is 333 g/mol. The normalized spacial score (nSPS) is 10.9. The van der Waals surface area contributed by atoms with Crippen LogP contribution in [0, 0.1) is 0 Å². The number of aromatic nitrogens is 3. The van der Waals surface area contributed by atoms with E-state index < -0.39 is 0 Å². The minimum atomic E-state index is -0.221. The highest BCUT2D eigenvalue weighted by Gasteiger charge is 2.11. The van der Waals surface area contributed by atoms with Gasteiger partial charge < -0.3 is 15.5 Å². The van der Waals surface area contributed by atoms with Crippen LogP contribution < -0.4 is 11.1 Å². The molecule has 0 spiro atoms. The highest BCUT2D eigenvalue weighted by molar-refractivity contribution is 5.94. The highest BCUT2D eigenvalue weighted by Crippen LogP contribution is 2.27. The average Bonchev–Trinajstić information content (AvgIpc) is 3.29. The van der Waals surface area contributed by atoms with E-state index in [1.807, 2.05) is 41.1 Å². The van der Waals surface area contributed by atoms with Gasteiger partial charge in [-0.25, -0.2) is 9.97 Å². The molecule has 0 radical (unpaired) electrons. The number of nitrogen functional groups attached to an aromatic ring is 1. The third-order valence-electron chi connectivity index (χ3n) is 3.92. The number of anilines is 1. The van der Waals surface area contributed by atoms with Gasteiger partial charge in [-0.05, 0) is 23.8 Å². The van der Waals surface area contributed by atoms with Gasteiger partial charge in [0, 0.05) is 36.6 Å². The summed E-state index contributed by atoms with van der Waals surface area (Å²) in [7, 11) is 0. The van der Waals surface area contributed by atoms with Crippen LogP contribution in [0.15, 0.2) is 65.9 Å². The van der Waals surface area contributed by atoms with Gasteiger partial charge in [0.15, 0.2) is 0 Å². The second kappa shape index (κ2) is 6.12. The number of benzene rings is 1. The van der Waals surface area contributed by atoms with Crippen molar-refractivity contribution in [3.63, 3.8) is 0 Å². The van der Waals surface area contributed by atoms with E-state index in [4.69, 9.17) is 10.2 Å². The number of furan rings is 1. The van der Waals surface area contributed by atoms with Crippen LogP contribution >= 0.6 is 0 Å². The molecule has 0 aliphatic heterocycles. The van der Waals surface area contributed by atoms with Crippen LogP contribution in [0.3, 0.4) is 0 Å². The fourth-order valence-electron chi connectivity index (χ4n) is 2.70. The lowest BCUT2D eigenvalue weighted by Crippen LogP contribution is -2.23. The summed E-state index contributed by atoms with van der Waals surface area (Å²) in [6.07, 6.45) is 7.79. The summed E-state index contributed by atoms with van der Waals surface area (Å²) < 4.78 is 7.33. The van der Waals surface area contributed by atoms with Crippen molar-refractivity contribution in [2.75, 3.05) is 5.73 Å². The second-order valence-corrected chi connectivity index (χ2v) is 5.57. The summed E-state index contributed by atoms with van der Waals surface area (Å²) in [5.41, 5.74) is 9.09. The van der Waals surface area contributed by atoms with Crippen molar-refractivity contribution < 1.29 is 9.21 Å². The molecule has 4 rings (SSSR count). The highest BCUT2D eigenvalue weighted by atomic mass is 16.3. The summed E-state index contributed by atoms with van der Waals surface area (Å²) in [6, 6.07) is 9.57. The van der Waals surface area contributed by atoms with Gasteiger partial charge in [-0.1, -0.05) is 6.07 Å². The Bertz CT molecular complexity index is 1020.